The summed E-state index contributed by atoms with van der Waals surface area (Å²) < 4.78 is 1.96. The molecule has 0 unspecified atom stereocenters. The summed E-state index contributed by atoms with van der Waals surface area (Å²) in [7, 11) is 0. The van der Waals surface area contributed by atoms with Gasteiger partial charge >= 0.3 is 0 Å². The number of aryl methyl sites for hydroxylation is 2. The molecule has 0 amide bonds. The van der Waals surface area contributed by atoms with Crippen LogP contribution in [0.4, 0.5) is 0 Å². The first-order valence-corrected chi connectivity index (χ1v) is 11.2. The molecular formula is C21H24N4S. The second kappa shape index (κ2) is 4.86. The highest BCUT2D eigenvalue weighted by molar-refractivity contribution is 7.19. The Morgan fingerprint density at radius 1 is 1.08 bits per heavy atom. The van der Waals surface area contributed by atoms with Crippen LogP contribution in [-0.2, 0) is 19.3 Å². The zero-order valence-corrected chi connectivity index (χ0v) is 15.9. The van der Waals surface area contributed by atoms with Gasteiger partial charge in [-0.3, -0.25) is 0 Å². The molecule has 5 aliphatic carbocycles. The van der Waals surface area contributed by atoms with Crippen LogP contribution in [-0.4, -0.2) is 19.6 Å². The molecule has 0 N–H and O–H groups in total. The largest absolute Gasteiger partial charge is 0.225 e. The second-order valence-corrected chi connectivity index (χ2v) is 10.8. The molecule has 134 valence electrons. The van der Waals surface area contributed by atoms with Crippen LogP contribution >= 0.6 is 11.3 Å². The third kappa shape index (κ3) is 1.93. The first-order valence-electron chi connectivity index (χ1n) is 10.4. The Balaban J connectivity index is 1.32. The van der Waals surface area contributed by atoms with Crippen LogP contribution in [0.1, 0.15) is 61.2 Å². The van der Waals surface area contributed by atoms with Gasteiger partial charge < -0.3 is 0 Å². The Bertz CT molecular complexity index is 1010. The van der Waals surface area contributed by atoms with Crippen molar-refractivity contribution in [3.8, 4) is 0 Å². The molecule has 0 aromatic carbocycles. The Morgan fingerprint density at radius 3 is 2.62 bits per heavy atom. The van der Waals surface area contributed by atoms with Gasteiger partial charge in [-0.25, -0.2) is 14.5 Å². The predicted molar refractivity (Wildman–Crippen MR) is 102 cm³/mol. The lowest BCUT2D eigenvalue weighted by Gasteiger charge is -2.56. The summed E-state index contributed by atoms with van der Waals surface area (Å²) in [4.78, 5) is 12.5. The minimum atomic E-state index is 0.503. The molecule has 4 bridgehead atoms. The number of nitrogens with zero attached hydrogens (tertiary/aromatic N) is 4. The summed E-state index contributed by atoms with van der Waals surface area (Å²) in [6.45, 7) is 0. The first-order chi connectivity index (χ1) is 12.7. The van der Waals surface area contributed by atoms with Gasteiger partial charge in [0.05, 0.1) is 5.39 Å². The van der Waals surface area contributed by atoms with Gasteiger partial charge in [-0.1, -0.05) is 0 Å². The minimum Gasteiger partial charge on any atom is -0.225 e. The van der Waals surface area contributed by atoms with Crippen molar-refractivity contribution in [1.29, 1.82) is 0 Å². The van der Waals surface area contributed by atoms with E-state index in [1.54, 1.807) is 0 Å². The van der Waals surface area contributed by atoms with E-state index in [-0.39, 0.29) is 0 Å². The molecule has 26 heavy (non-hydrogen) atoms. The molecule has 5 aliphatic rings. The number of hydrogen-bond donors (Lipinski definition) is 0. The zero-order chi connectivity index (χ0) is 16.9. The fraction of sp³-hybridized carbons (Fsp3) is 0.667. The fourth-order valence-corrected chi connectivity index (χ4v) is 8.58. The van der Waals surface area contributed by atoms with Crippen molar-refractivity contribution in [3.63, 3.8) is 0 Å². The van der Waals surface area contributed by atoms with Crippen LogP contribution in [0.5, 0.6) is 0 Å². The average molecular weight is 365 g/mol. The van der Waals surface area contributed by atoms with Crippen molar-refractivity contribution in [3.05, 3.63) is 22.6 Å². The Morgan fingerprint density at radius 2 is 1.85 bits per heavy atom. The predicted octanol–water partition coefficient (Wildman–Crippen LogP) is 4.59. The Labute approximate surface area is 157 Å². The molecule has 4 saturated carbocycles. The van der Waals surface area contributed by atoms with Crippen molar-refractivity contribution >= 4 is 27.2 Å². The maximum Gasteiger partial charge on any atom is 0.167 e. The van der Waals surface area contributed by atoms with Gasteiger partial charge in [0.25, 0.3) is 0 Å². The maximum atomic E-state index is 5.09. The monoisotopic (exact) mass is 364 g/mol. The molecule has 8 rings (SSSR count). The highest BCUT2D eigenvalue weighted by Gasteiger charge is 2.51. The number of thiophene rings is 1. The third-order valence-corrected chi connectivity index (χ3v) is 8.98. The quantitative estimate of drug-likeness (QED) is 0.668. The van der Waals surface area contributed by atoms with Crippen molar-refractivity contribution < 1.29 is 0 Å². The van der Waals surface area contributed by atoms with Crippen molar-refractivity contribution in [2.75, 3.05) is 0 Å². The summed E-state index contributed by atoms with van der Waals surface area (Å²) >= 11 is 1.87. The normalized spacial score (nSPS) is 35.0. The molecule has 3 heterocycles. The Hall–Kier alpha value is -1.49. The van der Waals surface area contributed by atoms with E-state index in [9.17, 15) is 0 Å². The standard InChI is InChI=1S/C21H24N4S/c1-2-15-16(3-1)26-20-18(15)19-23-17(24-25(19)11-22-20)10-21-7-12-4-13(8-21)6-14(5-12)9-21/h11-14H,1-10H2. The number of fused-ring (bicyclic) bond motifs is 5. The zero-order valence-electron chi connectivity index (χ0n) is 15.1. The molecule has 0 spiro atoms. The molecule has 4 fully saturated rings. The SMILES string of the molecule is c1nc2sc3c(c2c2nc(CC45CC6CC(CC(C6)C4)C5)nn12)CCC3. The van der Waals surface area contributed by atoms with E-state index in [2.05, 4.69) is 0 Å². The van der Waals surface area contributed by atoms with E-state index in [4.69, 9.17) is 15.1 Å². The summed E-state index contributed by atoms with van der Waals surface area (Å²) in [6.07, 6.45) is 15.5. The van der Waals surface area contributed by atoms with E-state index in [0.717, 1.165) is 40.5 Å². The number of hydrogen-bond acceptors (Lipinski definition) is 4. The van der Waals surface area contributed by atoms with Gasteiger partial charge in [0.1, 0.15) is 11.2 Å². The molecule has 3 aromatic heterocycles. The number of rotatable bonds is 2. The van der Waals surface area contributed by atoms with Crippen molar-refractivity contribution in [2.24, 2.45) is 23.2 Å². The van der Waals surface area contributed by atoms with E-state index in [1.807, 2.05) is 22.2 Å². The first kappa shape index (κ1) is 14.6. The average Bonchev–Trinajstić information content (AvgIpc) is 3.25. The van der Waals surface area contributed by atoms with Gasteiger partial charge in [-0.05, 0) is 86.5 Å². The lowest BCUT2D eigenvalue weighted by molar-refractivity contribution is -0.0531. The van der Waals surface area contributed by atoms with Crippen molar-refractivity contribution in [1.82, 2.24) is 19.6 Å². The molecule has 5 heteroatoms. The van der Waals surface area contributed by atoms with Crippen LogP contribution in [0, 0.1) is 23.2 Å². The summed E-state index contributed by atoms with van der Waals surface area (Å²) in [5.74, 6) is 4.05. The van der Waals surface area contributed by atoms with Gasteiger partial charge in [0.15, 0.2) is 11.5 Å². The van der Waals surface area contributed by atoms with E-state index in [1.165, 1.54) is 73.6 Å². The van der Waals surface area contributed by atoms with Crippen LogP contribution in [0.3, 0.4) is 0 Å². The Kier molecular flexibility index (Phi) is 2.72. The molecular weight excluding hydrogens is 340 g/mol. The summed E-state index contributed by atoms with van der Waals surface area (Å²) in [5.41, 5.74) is 3.08. The molecule has 0 atom stereocenters. The van der Waals surface area contributed by atoms with Crippen molar-refractivity contribution in [2.45, 2.75) is 64.2 Å². The van der Waals surface area contributed by atoms with Crippen LogP contribution in [0.15, 0.2) is 6.33 Å². The highest BCUT2D eigenvalue weighted by Crippen LogP contribution is 2.60. The molecule has 4 nitrogen and oxygen atoms in total. The van der Waals surface area contributed by atoms with Crippen LogP contribution in [0.2, 0.25) is 0 Å². The van der Waals surface area contributed by atoms with Gasteiger partial charge in [-0.15, -0.1) is 16.4 Å². The third-order valence-electron chi connectivity index (χ3n) is 7.78. The molecule has 0 saturated heterocycles. The van der Waals surface area contributed by atoms with E-state index in [0.29, 0.717) is 5.41 Å². The lowest BCUT2D eigenvalue weighted by atomic mass is 9.49. The maximum absolute atomic E-state index is 5.09. The van der Waals surface area contributed by atoms with Gasteiger partial charge in [-0.2, -0.15) is 0 Å². The molecule has 0 aliphatic heterocycles. The lowest BCUT2D eigenvalue weighted by Crippen LogP contribution is -2.47. The van der Waals surface area contributed by atoms with E-state index >= 15 is 0 Å². The van der Waals surface area contributed by atoms with Crippen LogP contribution in [0.25, 0.3) is 15.9 Å². The molecule has 0 radical (unpaired) electrons. The fourth-order valence-electron chi connectivity index (χ4n) is 7.35. The summed E-state index contributed by atoms with van der Waals surface area (Å²) in [6, 6.07) is 0. The topological polar surface area (TPSA) is 43.1 Å². The van der Waals surface area contributed by atoms with Gasteiger partial charge in [0, 0.05) is 11.3 Å². The number of aromatic nitrogens is 4. The van der Waals surface area contributed by atoms with Gasteiger partial charge in [0.2, 0.25) is 0 Å². The van der Waals surface area contributed by atoms with Crippen LogP contribution < -0.4 is 0 Å². The molecule has 3 aromatic rings. The highest BCUT2D eigenvalue weighted by atomic mass is 32.1. The summed E-state index contributed by atoms with van der Waals surface area (Å²) in [5, 5.41) is 6.19. The second-order valence-electron chi connectivity index (χ2n) is 9.67. The smallest absolute Gasteiger partial charge is 0.167 e. The van der Waals surface area contributed by atoms with E-state index < -0.39 is 0 Å². The minimum absolute atomic E-state index is 0.503.